The summed E-state index contributed by atoms with van der Waals surface area (Å²) in [6.45, 7) is 4.69. The highest BCUT2D eigenvalue weighted by molar-refractivity contribution is 5.94. The standard InChI is InChI=1S/C16H25N3O/c1-13(12-17)11-16(20)18-14-7-3-4-8-15(14)19-9-5-2-6-10-19/h3-4,7-8,13H,2,5-6,9-12,17H2,1H3,(H,18,20). The van der Waals surface area contributed by atoms with Gasteiger partial charge in [0, 0.05) is 19.5 Å². The van der Waals surface area contributed by atoms with Gasteiger partial charge in [0.2, 0.25) is 5.91 Å². The molecule has 1 atom stereocenters. The molecule has 4 nitrogen and oxygen atoms in total. The maximum atomic E-state index is 12.0. The molecule has 0 radical (unpaired) electrons. The molecule has 1 saturated heterocycles. The van der Waals surface area contributed by atoms with Crippen molar-refractivity contribution in [2.45, 2.75) is 32.6 Å². The summed E-state index contributed by atoms with van der Waals surface area (Å²) in [5.41, 5.74) is 7.63. The van der Waals surface area contributed by atoms with E-state index in [0.717, 1.165) is 24.5 Å². The molecule has 3 N–H and O–H groups in total. The summed E-state index contributed by atoms with van der Waals surface area (Å²) in [6.07, 6.45) is 4.24. The number of amides is 1. The normalized spacial score (nSPS) is 16.8. The number of carbonyl (C=O) groups excluding carboxylic acids is 1. The van der Waals surface area contributed by atoms with E-state index in [4.69, 9.17) is 5.73 Å². The first-order valence-corrected chi connectivity index (χ1v) is 7.54. The van der Waals surface area contributed by atoms with E-state index < -0.39 is 0 Å². The summed E-state index contributed by atoms with van der Waals surface area (Å²) in [6, 6.07) is 8.07. The van der Waals surface area contributed by atoms with Gasteiger partial charge in [-0.3, -0.25) is 4.79 Å². The van der Waals surface area contributed by atoms with Gasteiger partial charge in [-0.1, -0.05) is 19.1 Å². The van der Waals surface area contributed by atoms with Crippen molar-refractivity contribution in [3.63, 3.8) is 0 Å². The third-order valence-corrected chi connectivity index (χ3v) is 3.81. The maximum absolute atomic E-state index is 12.0. The van der Waals surface area contributed by atoms with Crippen molar-refractivity contribution >= 4 is 17.3 Å². The van der Waals surface area contributed by atoms with Gasteiger partial charge in [0.25, 0.3) is 0 Å². The van der Waals surface area contributed by atoms with Gasteiger partial charge >= 0.3 is 0 Å². The molecule has 1 aliphatic rings. The van der Waals surface area contributed by atoms with E-state index in [-0.39, 0.29) is 11.8 Å². The number of piperidine rings is 1. The molecular weight excluding hydrogens is 250 g/mol. The topological polar surface area (TPSA) is 58.4 Å². The van der Waals surface area contributed by atoms with Crippen molar-refractivity contribution < 1.29 is 4.79 Å². The van der Waals surface area contributed by atoms with Crippen molar-refractivity contribution in [1.29, 1.82) is 0 Å². The van der Waals surface area contributed by atoms with Gasteiger partial charge in [0.05, 0.1) is 11.4 Å². The monoisotopic (exact) mass is 275 g/mol. The van der Waals surface area contributed by atoms with E-state index in [1.54, 1.807) is 0 Å². The van der Waals surface area contributed by atoms with Crippen molar-refractivity contribution in [3.05, 3.63) is 24.3 Å². The zero-order chi connectivity index (χ0) is 14.4. The number of benzene rings is 1. The lowest BCUT2D eigenvalue weighted by Crippen LogP contribution is -2.30. The highest BCUT2D eigenvalue weighted by Gasteiger charge is 2.16. The molecule has 1 amide bonds. The molecule has 0 bridgehead atoms. The van der Waals surface area contributed by atoms with Crippen molar-refractivity contribution in [2.24, 2.45) is 11.7 Å². The lowest BCUT2D eigenvalue weighted by Gasteiger charge is -2.30. The smallest absolute Gasteiger partial charge is 0.224 e. The summed E-state index contributed by atoms with van der Waals surface area (Å²) in [5, 5.41) is 3.04. The number of hydrogen-bond acceptors (Lipinski definition) is 3. The van der Waals surface area contributed by atoms with E-state index in [1.807, 2.05) is 25.1 Å². The van der Waals surface area contributed by atoms with Crippen LogP contribution in [-0.2, 0) is 4.79 Å². The number of nitrogens with zero attached hydrogens (tertiary/aromatic N) is 1. The molecule has 2 rings (SSSR count). The maximum Gasteiger partial charge on any atom is 0.224 e. The Hall–Kier alpha value is -1.55. The molecule has 0 aromatic heterocycles. The second-order valence-electron chi connectivity index (χ2n) is 5.66. The third-order valence-electron chi connectivity index (χ3n) is 3.81. The number of anilines is 2. The van der Waals surface area contributed by atoms with Crippen LogP contribution in [0.15, 0.2) is 24.3 Å². The minimum absolute atomic E-state index is 0.0485. The number of rotatable bonds is 5. The molecule has 20 heavy (non-hydrogen) atoms. The van der Waals surface area contributed by atoms with Crippen LogP contribution in [0.4, 0.5) is 11.4 Å². The molecule has 1 aromatic rings. The largest absolute Gasteiger partial charge is 0.370 e. The fourth-order valence-corrected chi connectivity index (χ4v) is 2.59. The highest BCUT2D eigenvalue weighted by atomic mass is 16.1. The van der Waals surface area contributed by atoms with E-state index in [1.165, 1.54) is 19.3 Å². The Labute approximate surface area is 121 Å². The van der Waals surface area contributed by atoms with Gasteiger partial charge in [-0.05, 0) is 43.9 Å². The van der Waals surface area contributed by atoms with Crippen LogP contribution in [0.1, 0.15) is 32.6 Å². The molecule has 1 unspecified atom stereocenters. The average molecular weight is 275 g/mol. The number of nitrogens with one attached hydrogen (secondary N) is 1. The number of nitrogens with two attached hydrogens (primary N) is 1. The first-order chi connectivity index (χ1) is 9.70. The number of hydrogen-bond donors (Lipinski definition) is 2. The Morgan fingerprint density at radius 2 is 2.00 bits per heavy atom. The van der Waals surface area contributed by atoms with Crippen LogP contribution in [0.25, 0.3) is 0 Å². The Balaban J connectivity index is 2.05. The molecule has 0 aliphatic carbocycles. The molecule has 1 aromatic carbocycles. The summed E-state index contributed by atoms with van der Waals surface area (Å²) in [5.74, 6) is 0.268. The summed E-state index contributed by atoms with van der Waals surface area (Å²) in [7, 11) is 0. The van der Waals surface area contributed by atoms with Gasteiger partial charge in [-0.25, -0.2) is 0 Å². The van der Waals surface area contributed by atoms with Crippen molar-refractivity contribution in [3.8, 4) is 0 Å². The molecule has 1 aliphatic heterocycles. The van der Waals surface area contributed by atoms with E-state index in [0.29, 0.717) is 13.0 Å². The van der Waals surface area contributed by atoms with Gasteiger partial charge in [0.1, 0.15) is 0 Å². The van der Waals surface area contributed by atoms with E-state index in [9.17, 15) is 4.79 Å². The Morgan fingerprint density at radius 3 is 2.70 bits per heavy atom. The zero-order valence-corrected chi connectivity index (χ0v) is 12.3. The van der Waals surface area contributed by atoms with Gasteiger partial charge < -0.3 is 16.0 Å². The van der Waals surface area contributed by atoms with Crippen LogP contribution in [0.5, 0.6) is 0 Å². The van der Waals surface area contributed by atoms with Gasteiger partial charge in [0.15, 0.2) is 0 Å². The molecule has 110 valence electrons. The lowest BCUT2D eigenvalue weighted by molar-refractivity contribution is -0.116. The van der Waals surface area contributed by atoms with E-state index >= 15 is 0 Å². The Morgan fingerprint density at radius 1 is 1.30 bits per heavy atom. The third kappa shape index (κ3) is 3.97. The van der Waals surface area contributed by atoms with Crippen molar-refractivity contribution in [1.82, 2.24) is 0 Å². The van der Waals surface area contributed by atoms with Crippen LogP contribution < -0.4 is 16.0 Å². The summed E-state index contributed by atoms with van der Waals surface area (Å²) in [4.78, 5) is 14.4. The molecule has 1 heterocycles. The first-order valence-electron chi connectivity index (χ1n) is 7.54. The molecular formula is C16H25N3O. The minimum Gasteiger partial charge on any atom is -0.370 e. The Bertz CT molecular complexity index is 441. The quantitative estimate of drug-likeness (QED) is 0.868. The highest BCUT2D eigenvalue weighted by Crippen LogP contribution is 2.28. The fraction of sp³-hybridized carbons (Fsp3) is 0.562. The van der Waals surface area contributed by atoms with Crippen LogP contribution in [-0.4, -0.2) is 25.5 Å². The average Bonchev–Trinajstić information content (AvgIpc) is 2.48. The lowest BCUT2D eigenvalue weighted by atomic mass is 10.1. The van der Waals surface area contributed by atoms with Gasteiger partial charge in [-0.2, -0.15) is 0 Å². The SMILES string of the molecule is CC(CN)CC(=O)Nc1ccccc1N1CCCCC1. The minimum atomic E-state index is 0.0485. The fourth-order valence-electron chi connectivity index (χ4n) is 2.59. The molecule has 1 fully saturated rings. The number of carbonyl (C=O) groups is 1. The van der Waals surface area contributed by atoms with Crippen LogP contribution in [0.3, 0.4) is 0 Å². The Kier molecular flexibility index (Phi) is 5.41. The van der Waals surface area contributed by atoms with Crippen molar-refractivity contribution in [2.75, 3.05) is 29.9 Å². The predicted octanol–water partition coefficient (Wildman–Crippen LogP) is 2.60. The predicted molar refractivity (Wildman–Crippen MR) is 84.0 cm³/mol. The molecule has 0 saturated carbocycles. The summed E-state index contributed by atoms with van der Waals surface area (Å²) < 4.78 is 0. The number of para-hydroxylation sites is 2. The van der Waals surface area contributed by atoms with Crippen LogP contribution in [0, 0.1) is 5.92 Å². The molecule has 0 spiro atoms. The second-order valence-corrected chi connectivity index (χ2v) is 5.66. The van der Waals surface area contributed by atoms with Gasteiger partial charge in [-0.15, -0.1) is 0 Å². The first kappa shape index (κ1) is 14.9. The van der Waals surface area contributed by atoms with Crippen LogP contribution >= 0.6 is 0 Å². The molecule has 4 heteroatoms. The second kappa shape index (κ2) is 7.29. The van der Waals surface area contributed by atoms with E-state index in [2.05, 4.69) is 16.3 Å². The van der Waals surface area contributed by atoms with Crippen LogP contribution in [0.2, 0.25) is 0 Å². The zero-order valence-electron chi connectivity index (χ0n) is 12.3. The summed E-state index contributed by atoms with van der Waals surface area (Å²) >= 11 is 0.